The van der Waals surface area contributed by atoms with E-state index in [0.29, 0.717) is 19.3 Å². The second kappa shape index (κ2) is 59.9. The van der Waals surface area contributed by atoms with Crippen LogP contribution >= 0.6 is 0 Å². The summed E-state index contributed by atoms with van der Waals surface area (Å²) in [6.07, 6.45) is 79.7. The third-order valence-electron chi connectivity index (χ3n) is 12.8. The fraction of sp³-hybridized carbons (Fsp3) is 0.712. The normalized spacial score (nSPS) is 12.8. The van der Waals surface area contributed by atoms with Gasteiger partial charge in [0.25, 0.3) is 0 Å². The molecule has 1 atom stereocenters. The largest absolute Gasteiger partial charge is 0.462 e. The van der Waals surface area contributed by atoms with Crippen molar-refractivity contribution in [1.82, 2.24) is 0 Å². The summed E-state index contributed by atoms with van der Waals surface area (Å²) in [4.78, 5) is 38.3. The molecule has 0 aromatic carbocycles. The second-order valence-corrected chi connectivity index (χ2v) is 19.8. The van der Waals surface area contributed by atoms with Crippen molar-refractivity contribution in [3.05, 3.63) is 97.2 Å². The van der Waals surface area contributed by atoms with E-state index in [-0.39, 0.29) is 31.1 Å². The molecule has 1 unspecified atom stereocenters. The van der Waals surface area contributed by atoms with E-state index in [9.17, 15) is 14.4 Å². The molecule has 0 rings (SSSR count). The molecule has 0 saturated heterocycles. The van der Waals surface area contributed by atoms with Gasteiger partial charge in [0, 0.05) is 19.3 Å². The number of esters is 3. The highest BCUT2D eigenvalue weighted by Crippen LogP contribution is 2.15. The van der Waals surface area contributed by atoms with Crippen molar-refractivity contribution < 1.29 is 28.6 Å². The molecule has 0 N–H and O–H groups in total. The lowest BCUT2D eigenvalue weighted by Gasteiger charge is -2.18. The molecule has 0 aliphatic carbocycles. The minimum Gasteiger partial charge on any atom is -0.462 e. The number of hydrogen-bond acceptors (Lipinski definition) is 6. The van der Waals surface area contributed by atoms with Crippen molar-refractivity contribution in [3.63, 3.8) is 0 Å². The molecule has 0 saturated carbocycles. The summed E-state index contributed by atoms with van der Waals surface area (Å²) in [6, 6.07) is 0. The minimum absolute atomic E-state index is 0.0909. The van der Waals surface area contributed by atoms with Gasteiger partial charge in [-0.25, -0.2) is 0 Å². The molecule has 0 aliphatic heterocycles. The SMILES string of the molecule is CC/C=C\C/C=C\C/C=C\C/C=C\CCCCCCCCC(=O)OCC(COC(=O)CCCCCCCC/C=C\C/C=C\C/C=C\CC)OC(=O)CCCCCCCCC/C=C\CCCCCCCCCC. The summed E-state index contributed by atoms with van der Waals surface area (Å²) in [7, 11) is 0. The van der Waals surface area contributed by atoms with E-state index in [0.717, 1.165) is 122 Å². The van der Waals surface area contributed by atoms with Crippen LogP contribution in [-0.2, 0) is 28.6 Å². The van der Waals surface area contributed by atoms with Gasteiger partial charge in [0.05, 0.1) is 0 Å². The predicted molar refractivity (Wildman–Crippen MR) is 311 cm³/mol. The number of carbonyl (C=O) groups excluding carboxylic acids is 3. The molecule has 0 radical (unpaired) electrons. The van der Waals surface area contributed by atoms with Gasteiger partial charge < -0.3 is 14.2 Å². The quantitative estimate of drug-likeness (QED) is 0.0261. The van der Waals surface area contributed by atoms with Gasteiger partial charge in [-0.3, -0.25) is 14.4 Å². The molecule has 0 fully saturated rings. The van der Waals surface area contributed by atoms with Gasteiger partial charge in [-0.15, -0.1) is 0 Å². The molecular weight excluding hydrogens is 889 g/mol. The summed E-state index contributed by atoms with van der Waals surface area (Å²) in [5.74, 6) is -0.914. The Balaban J connectivity index is 4.43. The standard InChI is InChI=1S/C66H112O6/c1-4-7-10-13-16-19-22-25-28-31-33-35-38-41-44-47-50-53-56-59-65(68)71-62-63(61-70-64(67)58-55-52-49-46-43-40-37-30-27-24-21-18-15-12-9-6-3)72-66(69)60-57-54-51-48-45-42-39-36-34-32-29-26-23-20-17-14-11-8-5-2/h7,9-10,12,16,18-19,21,25,27-28,30,32-35,63H,4-6,8,11,13-15,17,20,22-24,26,29,31,36-62H2,1-3H3/b10-7-,12-9-,19-16-,21-18-,28-25-,30-27-,34-32-,35-33-. The van der Waals surface area contributed by atoms with Crippen LogP contribution in [0.5, 0.6) is 0 Å². The van der Waals surface area contributed by atoms with E-state index in [1.165, 1.54) is 122 Å². The average molecular weight is 1000 g/mol. The number of rotatable bonds is 54. The number of ether oxygens (including phenoxy) is 3. The lowest BCUT2D eigenvalue weighted by molar-refractivity contribution is -0.167. The van der Waals surface area contributed by atoms with Crippen LogP contribution in [0.25, 0.3) is 0 Å². The number of carbonyl (C=O) groups is 3. The fourth-order valence-electron chi connectivity index (χ4n) is 8.33. The fourth-order valence-corrected chi connectivity index (χ4v) is 8.33. The van der Waals surface area contributed by atoms with Crippen molar-refractivity contribution in [3.8, 4) is 0 Å². The molecule has 0 spiro atoms. The molecule has 0 aliphatic rings. The Morgan fingerprint density at radius 1 is 0.292 bits per heavy atom. The molecule has 0 heterocycles. The van der Waals surface area contributed by atoms with Gasteiger partial charge in [0.2, 0.25) is 0 Å². The minimum atomic E-state index is -0.794. The van der Waals surface area contributed by atoms with E-state index in [2.05, 4.69) is 118 Å². The van der Waals surface area contributed by atoms with E-state index in [1.807, 2.05) is 0 Å². The Hall–Kier alpha value is -3.67. The maximum absolute atomic E-state index is 12.9. The summed E-state index contributed by atoms with van der Waals surface area (Å²) >= 11 is 0. The number of unbranched alkanes of at least 4 members (excludes halogenated alkanes) is 27. The molecule has 0 bridgehead atoms. The molecule has 0 aromatic heterocycles. The molecule has 6 nitrogen and oxygen atoms in total. The highest BCUT2D eigenvalue weighted by Gasteiger charge is 2.19. The zero-order valence-corrected chi connectivity index (χ0v) is 47.2. The molecular formula is C66H112O6. The van der Waals surface area contributed by atoms with Gasteiger partial charge >= 0.3 is 17.9 Å². The van der Waals surface area contributed by atoms with Gasteiger partial charge in [0.15, 0.2) is 6.10 Å². The Bertz CT molecular complexity index is 1430. The van der Waals surface area contributed by atoms with Crippen LogP contribution in [0, 0.1) is 0 Å². The van der Waals surface area contributed by atoms with Gasteiger partial charge in [-0.05, 0) is 116 Å². The Morgan fingerprint density at radius 3 is 0.861 bits per heavy atom. The molecule has 72 heavy (non-hydrogen) atoms. The Labute approximate surface area is 445 Å². The van der Waals surface area contributed by atoms with Crippen molar-refractivity contribution >= 4 is 17.9 Å². The van der Waals surface area contributed by atoms with Crippen LogP contribution in [0.1, 0.15) is 284 Å². The summed E-state index contributed by atoms with van der Waals surface area (Å²) in [5, 5.41) is 0. The van der Waals surface area contributed by atoms with E-state index >= 15 is 0 Å². The molecule has 412 valence electrons. The van der Waals surface area contributed by atoms with Crippen LogP contribution in [0.3, 0.4) is 0 Å². The summed E-state index contributed by atoms with van der Waals surface area (Å²) < 4.78 is 16.9. The Morgan fingerprint density at radius 2 is 0.542 bits per heavy atom. The Kier molecular flexibility index (Phi) is 56.8. The van der Waals surface area contributed by atoms with Crippen LogP contribution in [0.2, 0.25) is 0 Å². The van der Waals surface area contributed by atoms with Crippen molar-refractivity contribution in [2.75, 3.05) is 13.2 Å². The van der Waals surface area contributed by atoms with Gasteiger partial charge in [-0.1, -0.05) is 246 Å². The third kappa shape index (κ3) is 57.2. The number of hydrogen-bond donors (Lipinski definition) is 0. The zero-order valence-electron chi connectivity index (χ0n) is 47.2. The van der Waals surface area contributed by atoms with Crippen molar-refractivity contribution in [2.24, 2.45) is 0 Å². The second-order valence-electron chi connectivity index (χ2n) is 19.8. The predicted octanol–water partition coefficient (Wildman–Crippen LogP) is 20.5. The van der Waals surface area contributed by atoms with Crippen LogP contribution < -0.4 is 0 Å². The highest BCUT2D eigenvalue weighted by atomic mass is 16.6. The average Bonchev–Trinajstić information content (AvgIpc) is 3.38. The zero-order chi connectivity index (χ0) is 52.2. The summed E-state index contributed by atoms with van der Waals surface area (Å²) in [6.45, 7) is 6.41. The van der Waals surface area contributed by atoms with Crippen LogP contribution in [0.4, 0.5) is 0 Å². The number of allylic oxidation sites excluding steroid dienone is 16. The van der Waals surface area contributed by atoms with E-state index in [1.54, 1.807) is 0 Å². The van der Waals surface area contributed by atoms with Crippen molar-refractivity contribution in [1.29, 1.82) is 0 Å². The van der Waals surface area contributed by atoms with Gasteiger partial charge in [-0.2, -0.15) is 0 Å². The monoisotopic (exact) mass is 1000 g/mol. The smallest absolute Gasteiger partial charge is 0.306 e. The first kappa shape index (κ1) is 68.3. The van der Waals surface area contributed by atoms with E-state index in [4.69, 9.17) is 14.2 Å². The molecule has 0 aromatic rings. The first-order chi connectivity index (χ1) is 35.5. The lowest BCUT2D eigenvalue weighted by atomic mass is 10.1. The highest BCUT2D eigenvalue weighted by molar-refractivity contribution is 5.71. The van der Waals surface area contributed by atoms with Crippen molar-refractivity contribution in [2.45, 2.75) is 290 Å². The first-order valence-corrected chi connectivity index (χ1v) is 30.2. The topological polar surface area (TPSA) is 78.9 Å². The lowest BCUT2D eigenvalue weighted by Crippen LogP contribution is -2.30. The maximum atomic E-state index is 12.9. The molecule has 0 amide bonds. The third-order valence-corrected chi connectivity index (χ3v) is 12.8. The maximum Gasteiger partial charge on any atom is 0.306 e. The first-order valence-electron chi connectivity index (χ1n) is 30.2. The van der Waals surface area contributed by atoms with Crippen LogP contribution in [0.15, 0.2) is 97.2 Å². The van der Waals surface area contributed by atoms with E-state index < -0.39 is 6.10 Å². The summed E-state index contributed by atoms with van der Waals surface area (Å²) in [5.41, 5.74) is 0. The van der Waals surface area contributed by atoms with Gasteiger partial charge in [0.1, 0.15) is 13.2 Å². The molecule has 6 heteroatoms. The van der Waals surface area contributed by atoms with Crippen LogP contribution in [-0.4, -0.2) is 37.2 Å².